The molecule has 0 unspecified atom stereocenters. The molecule has 1 aromatic carbocycles. The van der Waals surface area contributed by atoms with Gasteiger partial charge in [0.2, 0.25) is 5.91 Å². The number of rotatable bonds is 1. The Bertz CT molecular complexity index is 431. The first-order valence-corrected chi connectivity index (χ1v) is 6.76. The summed E-state index contributed by atoms with van der Waals surface area (Å²) in [4.78, 5) is 11.5. The number of benzene rings is 1. The van der Waals surface area contributed by atoms with Gasteiger partial charge < -0.3 is 5.32 Å². The fraction of sp³-hybridized carbons (Fsp3) is 0.533. The van der Waals surface area contributed by atoms with Crippen LogP contribution in [0.25, 0.3) is 0 Å². The lowest BCUT2D eigenvalue weighted by Crippen LogP contribution is -2.06. The highest BCUT2D eigenvalue weighted by Gasteiger charge is 2.24. The summed E-state index contributed by atoms with van der Waals surface area (Å²) in [5.41, 5.74) is 3.70. The molecular formula is C15H19NO. The Morgan fingerprint density at radius 2 is 1.82 bits per heavy atom. The Morgan fingerprint density at radius 1 is 1.06 bits per heavy atom. The smallest absolute Gasteiger partial charge is 0.228 e. The fourth-order valence-corrected chi connectivity index (χ4v) is 3.21. The average molecular weight is 229 g/mol. The molecule has 1 heterocycles. The molecule has 0 bridgehead atoms. The quantitative estimate of drug-likeness (QED) is 0.732. The molecule has 0 spiro atoms. The van der Waals surface area contributed by atoms with Crippen LogP contribution in [0.5, 0.6) is 0 Å². The van der Waals surface area contributed by atoms with E-state index in [9.17, 15) is 4.79 Å². The molecule has 2 aliphatic rings. The van der Waals surface area contributed by atoms with E-state index in [0.29, 0.717) is 12.3 Å². The van der Waals surface area contributed by atoms with Crippen molar-refractivity contribution in [2.24, 2.45) is 0 Å². The zero-order chi connectivity index (χ0) is 11.7. The van der Waals surface area contributed by atoms with E-state index in [1.165, 1.54) is 49.7 Å². The average Bonchev–Trinajstić information content (AvgIpc) is 2.55. The second-order valence-electron chi connectivity index (χ2n) is 5.29. The number of anilines is 1. The van der Waals surface area contributed by atoms with Gasteiger partial charge in [0.1, 0.15) is 0 Å². The van der Waals surface area contributed by atoms with E-state index in [4.69, 9.17) is 0 Å². The van der Waals surface area contributed by atoms with Gasteiger partial charge in [0.05, 0.1) is 6.42 Å². The van der Waals surface area contributed by atoms with Crippen LogP contribution < -0.4 is 5.32 Å². The van der Waals surface area contributed by atoms with Crippen LogP contribution in [0.3, 0.4) is 0 Å². The topological polar surface area (TPSA) is 29.1 Å². The number of para-hydroxylation sites is 1. The lowest BCUT2D eigenvalue weighted by atomic mass is 9.89. The Kier molecular flexibility index (Phi) is 2.87. The number of nitrogens with one attached hydrogen (secondary N) is 1. The minimum atomic E-state index is 0.154. The Morgan fingerprint density at radius 3 is 2.59 bits per heavy atom. The lowest BCUT2D eigenvalue weighted by Gasteiger charge is -2.18. The molecule has 0 aromatic heterocycles. The standard InChI is InChI=1S/C15H19NO/c17-14-10-12-8-5-9-13(15(12)16-14)11-6-3-1-2-4-7-11/h5,8-9,11H,1-4,6-7,10H2,(H,16,17). The number of carbonyl (C=O) groups excluding carboxylic acids is 1. The second-order valence-corrected chi connectivity index (χ2v) is 5.29. The fourth-order valence-electron chi connectivity index (χ4n) is 3.21. The third-order valence-electron chi connectivity index (χ3n) is 4.09. The first kappa shape index (κ1) is 10.8. The van der Waals surface area contributed by atoms with E-state index in [0.717, 1.165) is 5.69 Å². The van der Waals surface area contributed by atoms with Crippen molar-refractivity contribution < 1.29 is 4.79 Å². The first-order valence-electron chi connectivity index (χ1n) is 6.76. The number of hydrogen-bond donors (Lipinski definition) is 1. The molecule has 1 aliphatic carbocycles. The zero-order valence-corrected chi connectivity index (χ0v) is 10.2. The molecule has 1 fully saturated rings. The van der Waals surface area contributed by atoms with Crippen molar-refractivity contribution >= 4 is 11.6 Å². The Hall–Kier alpha value is -1.31. The molecular weight excluding hydrogens is 210 g/mol. The van der Waals surface area contributed by atoms with Gasteiger partial charge in [-0.15, -0.1) is 0 Å². The van der Waals surface area contributed by atoms with E-state index in [-0.39, 0.29) is 5.91 Å². The highest BCUT2D eigenvalue weighted by Crippen LogP contribution is 2.38. The number of hydrogen-bond acceptors (Lipinski definition) is 1. The SMILES string of the molecule is O=C1Cc2cccc(C3CCCCCC3)c2N1. The largest absolute Gasteiger partial charge is 0.325 e. The van der Waals surface area contributed by atoms with Crippen LogP contribution in [-0.4, -0.2) is 5.91 Å². The summed E-state index contributed by atoms with van der Waals surface area (Å²) < 4.78 is 0. The van der Waals surface area contributed by atoms with Crippen molar-refractivity contribution in [1.29, 1.82) is 0 Å². The molecule has 17 heavy (non-hydrogen) atoms. The highest BCUT2D eigenvalue weighted by atomic mass is 16.1. The predicted octanol–water partition coefficient (Wildman–Crippen LogP) is 3.62. The maximum Gasteiger partial charge on any atom is 0.228 e. The summed E-state index contributed by atoms with van der Waals surface area (Å²) in [5.74, 6) is 0.812. The van der Waals surface area contributed by atoms with Gasteiger partial charge in [-0.05, 0) is 29.9 Å². The lowest BCUT2D eigenvalue weighted by molar-refractivity contribution is -0.115. The van der Waals surface area contributed by atoms with Crippen LogP contribution in [0.1, 0.15) is 55.6 Å². The van der Waals surface area contributed by atoms with Crippen LogP contribution in [0, 0.1) is 0 Å². The zero-order valence-electron chi connectivity index (χ0n) is 10.2. The summed E-state index contributed by atoms with van der Waals surface area (Å²) in [5, 5.41) is 3.04. The first-order chi connectivity index (χ1) is 8.34. The molecule has 1 saturated carbocycles. The molecule has 1 aliphatic heterocycles. The van der Waals surface area contributed by atoms with E-state index >= 15 is 0 Å². The highest BCUT2D eigenvalue weighted by molar-refractivity contribution is 6.00. The van der Waals surface area contributed by atoms with Gasteiger partial charge in [0.15, 0.2) is 0 Å². The van der Waals surface area contributed by atoms with E-state index in [1.54, 1.807) is 0 Å². The Balaban J connectivity index is 1.92. The molecule has 0 atom stereocenters. The maximum absolute atomic E-state index is 11.5. The third kappa shape index (κ3) is 2.08. The van der Waals surface area contributed by atoms with Crippen molar-refractivity contribution in [3.63, 3.8) is 0 Å². The minimum absolute atomic E-state index is 0.154. The minimum Gasteiger partial charge on any atom is -0.325 e. The van der Waals surface area contributed by atoms with Crippen LogP contribution in [0.15, 0.2) is 18.2 Å². The van der Waals surface area contributed by atoms with E-state index in [1.807, 2.05) is 0 Å². The number of fused-ring (bicyclic) bond motifs is 1. The number of carbonyl (C=O) groups is 1. The van der Waals surface area contributed by atoms with Crippen LogP contribution >= 0.6 is 0 Å². The van der Waals surface area contributed by atoms with Crippen LogP contribution in [-0.2, 0) is 11.2 Å². The predicted molar refractivity (Wildman–Crippen MR) is 69.2 cm³/mol. The maximum atomic E-state index is 11.5. The summed E-state index contributed by atoms with van der Waals surface area (Å²) >= 11 is 0. The Labute approximate surface area is 102 Å². The van der Waals surface area contributed by atoms with Gasteiger partial charge in [0, 0.05) is 5.69 Å². The van der Waals surface area contributed by atoms with Gasteiger partial charge in [-0.3, -0.25) is 4.79 Å². The van der Waals surface area contributed by atoms with Crippen LogP contribution in [0.4, 0.5) is 5.69 Å². The van der Waals surface area contributed by atoms with Crippen molar-refractivity contribution in [3.8, 4) is 0 Å². The molecule has 3 rings (SSSR count). The van der Waals surface area contributed by atoms with Gasteiger partial charge in [0.25, 0.3) is 0 Å². The summed E-state index contributed by atoms with van der Waals surface area (Å²) in [6, 6.07) is 6.40. The van der Waals surface area contributed by atoms with Gasteiger partial charge in [-0.2, -0.15) is 0 Å². The molecule has 1 N–H and O–H groups in total. The molecule has 0 radical (unpaired) electrons. The van der Waals surface area contributed by atoms with Gasteiger partial charge >= 0.3 is 0 Å². The van der Waals surface area contributed by atoms with Gasteiger partial charge in [-0.1, -0.05) is 43.9 Å². The second kappa shape index (κ2) is 4.52. The van der Waals surface area contributed by atoms with Gasteiger partial charge in [-0.25, -0.2) is 0 Å². The van der Waals surface area contributed by atoms with Crippen molar-refractivity contribution in [3.05, 3.63) is 29.3 Å². The summed E-state index contributed by atoms with van der Waals surface area (Å²) in [7, 11) is 0. The van der Waals surface area contributed by atoms with Crippen molar-refractivity contribution in [2.45, 2.75) is 50.9 Å². The van der Waals surface area contributed by atoms with E-state index < -0.39 is 0 Å². The molecule has 2 nitrogen and oxygen atoms in total. The number of amides is 1. The van der Waals surface area contributed by atoms with E-state index in [2.05, 4.69) is 23.5 Å². The molecule has 1 amide bonds. The summed E-state index contributed by atoms with van der Waals surface area (Å²) in [6.45, 7) is 0. The van der Waals surface area contributed by atoms with Crippen molar-refractivity contribution in [1.82, 2.24) is 0 Å². The van der Waals surface area contributed by atoms with Crippen LogP contribution in [0.2, 0.25) is 0 Å². The third-order valence-corrected chi connectivity index (χ3v) is 4.09. The molecule has 2 heteroatoms. The molecule has 1 aromatic rings. The molecule has 0 saturated heterocycles. The summed E-state index contributed by atoms with van der Waals surface area (Å²) in [6.07, 6.45) is 8.55. The molecule has 90 valence electrons. The normalized spacial score (nSPS) is 20.8. The monoisotopic (exact) mass is 229 g/mol. The van der Waals surface area contributed by atoms with Crippen molar-refractivity contribution in [2.75, 3.05) is 5.32 Å².